The highest BCUT2D eigenvalue weighted by atomic mass is 79.9. The van der Waals surface area contributed by atoms with Crippen LogP contribution < -0.4 is 5.32 Å². The standard InChI is InChI=1S/C13H20BrN/c1-10(2)5-4-8-15-13-9-12(14)7-6-11(13)3/h6-7,9-10,15H,4-5,8H2,1-3H3. The van der Waals surface area contributed by atoms with Crippen molar-refractivity contribution in [2.45, 2.75) is 33.6 Å². The van der Waals surface area contributed by atoms with Crippen molar-refractivity contribution in [2.75, 3.05) is 11.9 Å². The van der Waals surface area contributed by atoms with Gasteiger partial charge in [0.05, 0.1) is 0 Å². The molecule has 0 radical (unpaired) electrons. The molecule has 0 aliphatic carbocycles. The minimum absolute atomic E-state index is 0.801. The summed E-state index contributed by atoms with van der Waals surface area (Å²) in [6, 6.07) is 6.36. The molecule has 0 fully saturated rings. The van der Waals surface area contributed by atoms with E-state index < -0.39 is 0 Å². The normalized spacial score (nSPS) is 10.7. The van der Waals surface area contributed by atoms with Gasteiger partial charge >= 0.3 is 0 Å². The number of rotatable bonds is 5. The second-order valence-corrected chi connectivity index (χ2v) is 5.34. The van der Waals surface area contributed by atoms with Crippen molar-refractivity contribution in [2.24, 2.45) is 5.92 Å². The predicted octanol–water partition coefficient (Wildman–Crippen LogP) is 4.61. The molecule has 0 aromatic heterocycles. The first kappa shape index (κ1) is 12.6. The summed E-state index contributed by atoms with van der Waals surface area (Å²) in [6.07, 6.45) is 2.53. The van der Waals surface area contributed by atoms with Gasteiger partial charge < -0.3 is 5.32 Å². The van der Waals surface area contributed by atoms with Gasteiger partial charge in [-0.2, -0.15) is 0 Å². The van der Waals surface area contributed by atoms with Crippen LogP contribution in [-0.4, -0.2) is 6.54 Å². The SMILES string of the molecule is Cc1ccc(Br)cc1NCCCC(C)C. The Hall–Kier alpha value is -0.500. The maximum atomic E-state index is 3.49. The van der Waals surface area contributed by atoms with Crippen molar-refractivity contribution in [3.8, 4) is 0 Å². The Bertz CT molecular complexity index is 307. The fourth-order valence-corrected chi connectivity index (χ4v) is 1.88. The lowest BCUT2D eigenvalue weighted by Crippen LogP contribution is -2.04. The van der Waals surface area contributed by atoms with Crippen molar-refractivity contribution < 1.29 is 0 Å². The zero-order valence-corrected chi connectivity index (χ0v) is 11.4. The van der Waals surface area contributed by atoms with Crippen LogP contribution in [0.4, 0.5) is 5.69 Å². The number of aryl methyl sites for hydroxylation is 1. The van der Waals surface area contributed by atoms with Gasteiger partial charge in [-0.25, -0.2) is 0 Å². The van der Waals surface area contributed by atoms with E-state index in [1.54, 1.807) is 0 Å². The zero-order valence-electron chi connectivity index (χ0n) is 9.81. The molecule has 0 spiro atoms. The summed E-state index contributed by atoms with van der Waals surface area (Å²) in [7, 11) is 0. The van der Waals surface area contributed by atoms with E-state index in [0.717, 1.165) is 16.9 Å². The van der Waals surface area contributed by atoms with Crippen LogP contribution in [0.25, 0.3) is 0 Å². The summed E-state index contributed by atoms with van der Waals surface area (Å²) in [5.41, 5.74) is 2.55. The highest BCUT2D eigenvalue weighted by Gasteiger charge is 1.99. The summed E-state index contributed by atoms with van der Waals surface area (Å²) in [5, 5.41) is 3.48. The van der Waals surface area contributed by atoms with E-state index in [1.807, 2.05) is 0 Å². The molecule has 1 aromatic rings. The van der Waals surface area contributed by atoms with Crippen LogP contribution >= 0.6 is 15.9 Å². The molecule has 0 saturated carbocycles. The highest BCUT2D eigenvalue weighted by Crippen LogP contribution is 2.20. The Labute approximate surface area is 101 Å². The first-order valence-corrected chi connectivity index (χ1v) is 6.39. The van der Waals surface area contributed by atoms with E-state index in [9.17, 15) is 0 Å². The monoisotopic (exact) mass is 269 g/mol. The molecule has 1 nitrogen and oxygen atoms in total. The maximum absolute atomic E-state index is 3.49. The van der Waals surface area contributed by atoms with Crippen LogP contribution in [0.5, 0.6) is 0 Å². The number of halogens is 1. The van der Waals surface area contributed by atoms with Crippen molar-refractivity contribution in [1.82, 2.24) is 0 Å². The van der Waals surface area contributed by atoms with Gasteiger partial charge in [-0.05, 0) is 43.4 Å². The first-order valence-electron chi connectivity index (χ1n) is 5.59. The number of anilines is 1. The van der Waals surface area contributed by atoms with Gasteiger partial charge in [-0.15, -0.1) is 0 Å². The summed E-state index contributed by atoms with van der Waals surface area (Å²) in [6.45, 7) is 7.74. The lowest BCUT2D eigenvalue weighted by molar-refractivity contribution is 0.567. The Balaban J connectivity index is 2.40. The van der Waals surface area contributed by atoms with E-state index in [4.69, 9.17) is 0 Å². The van der Waals surface area contributed by atoms with E-state index in [1.165, 1.54) is 24.1 Å². The highest BCUT2D eigenvalue weighted by molar-refractivity contribution is 9.10. The topological polar surface area (TPSA) is 12.0 Å². The Morgan fingerprint density at radius 1 is 1.33 bits per heavy atom. The minimum atomic E-state index is 0.801. The third kappa shape index (κ3) is 4.70. The molecule has 1 rings (SSSR count). The molecule has 0 atom stereocenters. The van der Waals surface area contributed by atoms with E-state index in [-0.39, 0.29) is 0 Å². The second-order valence-electron chi connectivity index (χ2n) is 4.42. The summed E-state index contributed by atoms with van der Waals surface area (Å²) in [4.78, 5) is 0. The average Bonchev–Trinajstić information content (AvgIpc) is 2.17. The Morgan fingerprint density at radius 3 is 2.73 bits per heavy atom. The smallest absolute Gasteiger partial charge is 0.0381 e. The van der Waals surface area contributed by atoms with Gasteiger partial charge in [0.2, 0.25) is 0 Å². The number of benzene rings is 1. The van der Waals surface area contributed by atoms with Crippen LogP contribution in [0.1, 0.15) is 32.3 Å². The van der Waals surface area contributed by atoms with E-state index >= 15 is 0 Å². The van der Waals surface area contributed by atoms with E-state index in [2.05, 4.69) is 60.2 Å². The third-order valence-corrected chi connectivity index (χ3v) is 2.97. The van der Waals surface area contributed by atoms with Gasteiger partial charge in [-0.3, -0.25) is 0 Å². The van der Waals surface area contributed by atoms with Crippen LogP contribution in [0.3, 0.4) is 0 Å². The van der Waals surface area contributed by atoms with Gasteiger partial charge in [0.25, 0.3) is 0 Å². The maximum Gasteiger partial charge on any atom is 0.0381 e. The van der Waals surface area contributed by atoms with Crippen LogP contribution in [0, 0.1) is 12.8 Å². The second kappa shape index (κ2) is 6.16. The summed E-state index contributed by atoms with van der Waals surface area (Å²) in [5.74, 6) is 0.801. The number of hydrogen-bond donors (Lipinski definition) is 1. The van der Waals surface area contributed by atoms with Crippen LogP contribution in [-0.2, 0) is 0 Å². The molecule has 0 amide bonds. The van der Waals surface area contributed by atoms with Gasteiger partial charge in [0, 0.05) is 16.7 Å². The third-order valence-electron chi connectivity index (χ3n) is 2.47. The van der Waals surface area contributed by atoms with Crippen molar-refractivity contribution in [3.05, 3.63) is 28.2 Å². The molecule has 15 heavy (non-hydrogen) atoms. The fraction of sp³-hybridized carbons (Fsp3) is 0.538. The number of nitrogens with one attached hydrogen (secondary N) is 1. The summed E-state index contributed by atoms with van der Waals surface area (Å²) < 4.78 is 1.14. The van der Waals surface area contributed by atoms with Crippen LogP contribution in [0.15, 0.2) is 22.7 Å². The van der Waals surface area contributed by atoms with Crippen molar-refractivity contribution in [3.63, 3.8) is 0 Å². The average molecular weight is 270 g/mol. The largest absolute Gasteiger partial charge is 0.385 e. The predicted molar refractivity (Wildman–Crippen MR) is 71.4 cm³/mol. The molecule has 2 heteroatoms. The minimum Gasteiger partial charge on any atom is -0.385 e. The van der Waals surface area contributed by atoms with Gasteiger partial charge in [-0.1, -0.05) is 35.8 Å². The quantitative estimate of drug-likeness (QED) is 0.771. The molecular weight excluding hydrogens is 250 g/mol. The molecule has 0 aliphatic heterocycles. The molecule has 84 valence electrons. The van der Waals surface area contributed by atoms with Crippen LogP contribution in [0.2, 0.25) is 0 Å². The van der Waals surface area contributed by atoms with E-state index in [0.29, 0.717) is 0 Å². The molecule has 0 aliphatic rings. The number of hydrogen-bond acceptors (Lipinski definition) is 1. The van der Waals surface area contributed by atoms with Gasteiger partial charge in [0.1, 0.15) is 0 Å². The Kier molecular flexibility index (Phi) is 5.16. The molecule has 0 unspecified atom stereocenters. The van der Waals surface area contributed by atoms with Crippen molar-refractivity contribution >= 4 is 21.6 Å². The molecule has 1 N–H and O–H groups in total. The molecule has 0 saturated heterocycles. The lowest BCUT2D eigenvalue weighted by atomic mass is 10.1. The molecule has 1 aromatic carbocycles. The fourth-order valence-electron chi connectivity index (χ4n) is 1.52. The lowest BCUT2D eigenvalue weighted by Gasteiger charge is -2.10. The molecule has 0 heterocycles. The zero-order chi connectivity index (χ0) is 11.3. The first-order chi connectivity index (χ1) is 7.09. The molecule has 0 bridgehead atoms. The Morgan fingerprint density at radius 2 is 2.07 bits per heavy atom. The molecular formula is C13H20BrN. The summed E-state index contributed by atoms with van der Waals surface area (Å²) >= 11 is 3.49. The van der Waals surface area contributed by atoms with Crippen molar-refractivity contribution in [1.29, 1.82) is 0 Å². The van der Waals surface area contributed by atoms with Gasteiger partial charge in [0.15, 0.2) is 0 Å².